The van der Waals surface area contributed by atoms with Gasteiger partial charge in [-0.2, -0.15) is 0 Å². The molecular weight excluding hydrogens is 252 g/mol. The Labute approximate surface area is 111 Å². The fourth-order valence-corrected chi connectivity index (χ4v) is 2.51. The SMILES string of the molecule is CCC1(C(=O)Nc2nc(C)cc(Cl)n2)CCCN1. The lowest BCUT2D eigenvalue weighted by Gasteiger charge is -2.26. The van der Waals surface area contributed by atoms with E-state index in [0.29, 0.717) is 5.15 Å². The van der Waals surface area contributed by atoms with Gasteiger partial charge in [0.05, 0.1) is 5.54 Å². The molecular formula is C12H17ClN4O. The van der Waals surface area contributed by atoms with Gasteiger partial charge in [-0.05, 0) is 38.8 Å². The van der Waals surface area contributed by atoms with Crippen molar-refractivity contribution in [1.82, 2.24) is 15.3 Å². The largest absolute Gasteiger partial charge is 0.303 e. The zero-order valence-corrected chi connectivity index (χ0v) is 11.3. The van der Waals surface area contributed by atoms with Gasteiger partial charge in [0.25, 0.3) is 0 Å². The number of hydrogen-bond donors (Lipinski definition) is 2. The van der Waals surface area contributed by atoms with Crippen LogP contribution >= 0.6 is 11.6 Å². The maximum absolute atomic E-state index is 12.3. The number of anilines is 1. The molecule has 1 aromatic rings. The number of aryl methyl sites for hydroxylation is 1. The predicted molar refractivity (Wildman–Crippen MR) is 70.7 cm³/mol. The maximum Gasteiger partial charge on any atom is 0.247 e. The molecule has 1 aliphatic heterocycles. The van der Waals surface area contributed by atoms with E-state index in [-0.39, 0.29) is 11.9 Å². The second-order valence-electron chi connectivity index (χ2n) is 4.58. The summed E-state index contributed by atoms with van der Waals surface area (Å²) in [4.78, 5) is 20.5. The Balaban J connectivity index is 2.15. The van der Waals surface area contributed by atoms with E-state index < -0.39 is 5.54 Å². The molecule has 2 heterocycles. The molecule has 0 spiro atoms. The quantitative estimate of drug-likeness (QED) is 0.822. The molecule has 18 heavy (non-hydrogen) atoms. The zero-order valence-electron chi connectivity index (χ0n) is 10.6. The van der Waals surface area contributed by atoms with Crippen LogP contribution in [0.2, 0.25) is 5.15 Å². The minimum Gasteiger partial charge on any atom is -0.303 e. The van der Waals surface area contributed by atoms with Crippen molar-refractivity contribution >= 4 is 23.5 Å². The van der Waals surface area contributed by atoms with Crippen LogP contribution in [0.5, 0.6) is 0 Å². The Bertz CT molecular complexity index is 437. The van der Waals surface area contributed by atoms with Crippen molar-refractivity contribution in [2.45, 2.75) is 38.6 Å². The number of rotatable bonds is 3. The maximum atomic E-state index is 12.3. The number of nitrogens with one attached hydrogen (secondary N) is 2. The molecule has 1 fully saturated rings. The molecule has 1 unspecified atom stereocenters. The Kier molecular flexibility index (Phi) is 3.82. The molecule has 98 valence electrons. The summed E-state index contributed by atoms with van der Waals surface area (Å²) in [5.41, 5.74) is 0.245. The van der Waals surface area contributed by atoms with Gasteiger partial charge in [-0.1, -0.05) is 18.5 Å². The second-order valence-corrected chi connectivity index (χ2v) is 4.96. The highest BCUT2D eigenvalue weighted by Gasteiger charge is 2.39. The number of aromatic nitrogens is 2. The van der Waals surface area contributed by atoms with E-state index in [1.165, 1.54) is 0 Å². The summed E-state index contributed by atoms with van der Waals surface area (Å²) in [5.74, 6) is 0.190. The van der Waals surface area contributed by atoms with Gasteiger partial charge in [-0.15, -0.1) is 0 Å². The molecule has 1 aliphatic rings. The average molecular weight is 269 g/mol. The molecule has 0 aromatic carbocycles. The van der Waals surface area contributed by atoms with Gasteiger partial charge in [-0.25, -0.2) is 9.97 Å². The first-order chi connectivity index (χ1) is 8.55. The highest BCUT2D eigenvalue weighted by molar-refractivity contribution is 6.29. The Hall–Kier alpha value is -1.20. The first kappa shape index (κ1) is 13.2. The summed E-state index contributed by atoms with van der Waals surface area (Å²) in [7, 11) is 0. The van der Waals surface area contributed by atoms with Crippen molar-refractivity contribution in [2.75, 3.05) is 11.9 Å². The van der Waals surface area contributed by atoms with Crippen molar-refractivity contribution in [2.24, 2.45) is 0 Å². The van der Waals surface area contributed by atoms with E-state index in [2.05, 4.69) is 20.6 Å². The van der Waals surface area contributed by atoms with Crippen molar-refractivity contribution < 1.29 is 4.79 Å². The van der Waals surface area contributed by atoms with E-state index in [0.717, 1.165) is 31.5 Å². The van der Waals surface area contributed by atoms with Crippen LogP contribution in [0.4, 0.5) is 5.95 Å². The highest BCUT2D eigenvalue weighted by atomic mass is 35.5. The molecule has 1 saturated heterocycles. The molecule has 6 heteroatoms. The number of carbonyl (C=O) groups excluding carboxylic acids is 1. The molecule has 1 atom stereocenters. The summed E-state index contributed by atoms with van der Waals surface area (Å²) < 4.78 is 0. The van der Waals surface area contributed by atoms with Crippen molar-refractivity contribution in [1.29, 1.82) is 0 Å². The third-order valence-corrected chi connectivity index (χ3v) is 3.52. The number of halogens is 1. The molecule has 1 amide bonds. The van der Waals surface area contributed by atoms with Gasteiger partial charge < -0.3 is 5.32 Å². The van der Waals surface area contributed by atoms with Crippen LogP contribution in [0.25, 0.3) is 0 Å². The van der Waals surface area contributed by atoms with Crippen LogP contribution < -0.4 is 10.6 Å². The van der Waals surface area contributed by atoms with Gasteiger partial charge in [0, 0.05) is 5.69 Å². The summed E-state index contributed by atoms with van der Waals surface area (Å²) in [6.07, 6.45) is 2.60. The van der Waals surface area contributed by atoms with E-state index >= 15 is 0 Å². The lowest BCUT2D eigenvalue weighted by Crippen LogP contribution is -2.50. The molecule has 0 radical (unpaired) electrons. The Morgan fingerprint density at radius 3 is 2.94 bits per heavy atom. The summed E-state index contributed by atoms with van der Waals surface area (Å²) in [6.45, 7) is 4.69. The van der Waals surface area contributed by atoms with Crippen LogP contribution in [0.1, 0.15) is 31.9 Å². The molecule has 1 aromatic heterocycles. The summed E-state index contributed by atoms with van der Waals surface area (Å²) >= 11 is 5.84. The van der Waals surface area contributed by atoms with Gasteiger partial charge >= 0.3 is 0 Å². The number of carbonyl (C=O) groups is 1. The number of hydrogen-bond acceptors (Lipinski definition) is 4. The summed E-state index contributed by atoms with van der Waals surface area (Å²) in [5, 5.41) is 6.35. The van der Waals surface area contributed by atoms with Crippen molar-refractivity contribution in [3.63, 3.8) is 0 Å². The van der Waals surface area contributed by atoms with Crippen LogP contribution in [0.3, 0.4) is 0 Å². The Morgan fingerprint density at radius 2 is 2.39 bits per heavy atom. The first-order valence-electron chi connectivity index (χ1n) is 6.13. The average Bonchev–Trinajstić information content (AvgIpc) is 2.77. The fourth-order valence-electron chi connectivity index (χ4n) is 2.27. The normalized spacial score (nSPS) is 23.1. The van der Waals surface area contributed by atoms with Gasteiger partial charge in [0.1, 0.15) is 5.15 Å². The van der Waals surface area contributed by atoms with Crippen LogP contribution in [0.15, 0.2) is 6.07 Å². The van der Waals surface area contributed by atoms with Crippen LogP contribution in [-0.4, -0.2) is 28.0 Å². The second kappa shape index (κ2) is 5.20. The molecule has 2 rings (SSSR count). The minimum atomic E-state index is -0.487. The third-order valence-electron chi connectivity index (χ3n) is 3.33. The molecule has 0 saturated carbocycles. The molecule has 2 N–H and O–H groups in total. The van der Waals surface area contributed by atoms with E-state index in [1.807, 2.05) is 13.8 Å². The van der Waals surface area contributed by atoms with Crippen LogP contribution in [0, 0.1) is 6.92 Å². The van der Waals surface area contributed by atoms with E-state index in [4.69, 9.17) is 11.6 Å². The van der Waals surface area contributed by atoms with E-state index in [9.17, 15) is 4.79 Å². The molecule has 5 nitrogen and oxygen atoms in total. The van der Waals surface area contributed by atoms with Crippen LogP contribution in [-0.2, 0) is 4.79 Å². The number of amides is 1. The molecule has 0 bridgehead atoms. The zero-order chi connectivity index (χ0) is 13.2. The van der Waals surface area contributed by atoms with Crippen molar-refractivity contribution in [3.8, 4) is 0 Å². The predicted octanol–water partition coefficient (Wildman–Crippen LogP) is 1.91. The minimum absolute atomic E-state index is 0.0795. The van der Waals surface area contributed by atoms with Gasteiger partial charge in [0.15, 0.2) is 0 Å². The monoisotopic (exact) mass is 268 g/mol. The lowest BCUT2D eigenvalue weighted by atomic mass is 9.93. The van der Waals surface area contributed by atoms with Gasteiger partial charge in [0.2, 0.25) is 11.9 Å². The Morgan fingerprint density at radius 1 is 1.61 bits per heavy atom. The first-order valence-corrected chi connectivity index (χ1v) is 6.51. The summed E-state index contributed by atoms with van der Waals surface area (Å²) in [6, 6.07) is 1.65. The number of nitrogens with zero attached hydrogens (tertiary/aromatic N) is 2. The highest BCUT2D eigenvalue weighted by Crippen LogP contribution is 2.24. The molecule has 0 aliphatic carbocycles. The van der Waals surface area contributed by atoms with Crippen molar-refractivity contribution in [3.05, 3.63) is 16.9 Å². The topological polar surface area (TPSA) is 66.9 Å². The fraction of sp³-hybridized carbons (Fsp3) is 0.583. The lowest BCUT2D eigenvalue weighted by molar-refractivity contribution is -0.122. The third kappa shape index (κ3) is 2.62. The van der Waals surface area contributed by atoms with E-state index in [1.54, 1.807) is 6.07 Å². The smallest absolute Gasteiger partial charge is 0.247 e. The standard InChI is InChI=1S/C12H17ClN4O/c1-3-12(5-4-6-14-12)10(18)17-11-15-8(2)7-9(13)16-11/h7,14H,3-6H2,1-2H3,(H,15,16,17,18). The van der Waals surface area contributed by atoms with Gasteiger partial charge in [-0.3, -0.25) is 10.1 Å².